The van der Waals surface area contributed by atoms with Gasteiger partial charge in [-0.25, -0.2) is 0 Å². The van der Waals surface area contributed by atoms with Gasteiger partial charge in [-0.2, -0.15) is 0 Å². The predicted molar refractivity (Wildman–Crippen MR) is 70.7 cm³/mol. The number of benzene rings is 1. The molecule has 1 aromatic carbocycles. The molecule has 18 heavy (non-hydrogen) atoms. The van der Waals surface area contributed by atoms with Gasteiger partial charge >= 0.3 is 0 Å². The average molecular weight is 274 g/mol. The van der Waals surface area contributed by atoms with E-state index < -0.39 is 4.92 Å². The molecule has 0 heterocycles. The second-order valence-electron chi connectivity index (χ2n) is 3.52. The van der Waals surface area contributed by atoms with Gasteiger partial charge in [0.15, 0.2) is 0 Å². The van der Waals surface area contributed by atoms with Crippen LogP contribution >= 0.6 is 12.4 Å². The molecule has 0 aliphatic heterocycles. The summed E-state index contributed by atoms with van der Waals surface area (Å²) in [6, 6.07) is 6.37. The fraction of sp³-hybridized carbons (Fsp3) is 0.364. The van der Waals surface area contributed by atoms with Gasteiger partial charge in [-0.05, 0) is 7.05 Å². The van der Waals surface area contributed by atoms with Gasteiger partial charge < -0.3 is 10.6 Å². The van der Waals surface area contributed by atoms with Crippen LogP contribution in [0.1, 0.15) is 12.0 Å². The first kappa shape index (κ1) is 16.3. The van der Waals surface area contributed by atoms with Crippen LogP contribution in [0.25, 0.3) is 0 Å². The Morgan fingerprint density at radius 2 is 2.06 bits per heavy atom. The molecule has 2 N–H and O–H groups in total. The maximum absolute atomic E-state index is 11.3. The second kappa shape index (κ2) is 8.43. The fourth-order valence-corrected chi connectivity index (χ4v) is 1.36. The van der Waals surface area contributed by atoms with E-state index in [2.05, 4.69) is 10.6 Å². The summed E-state index contributed by atoms with van der Waals surface area (Å²) in [6.07, 6.45) is 0.358. The summed E-state index contributed by atoms with van der Waals surface area (Å²) in [5.74, 6) is -0.127. The van der Waals surface area contributed by atoms with Crippen molar-refractivity contribution in [2.24, 2.45) is 0 Å². The molecule has 1 rings (SSSR count). The van der Waals surface area contributed by atoms with Crippen LogP contribution in [0.4, 0.5) is 5.69 Å². The zero-order chi connectivity index (χ0) is 12.7. The zero-order valence-electron chi connectivity index (χ0n) is 10.0. The van der Waals surface area contributed by atoms with Gasteiger partial charge in [0.1, 0.15) is 0 Å². The van der Waals surface area contributed by atoms with Gasteiger partial charge in [-0.15, -0.1) is 12.4 Å². The number of rotatable bonds is 6. The molecule has 0 unspecified atom stereocenters. The van der Waals surface area contributed by atoms with E-state index in [-0.39, 0.29) is 30.5 Å². The van der Waals surface area contributed by atoms with Gasteiger partial charge in [-0.3, -0.25) is 14.9 Å². The molecule has 1 amide bonds. The van der Waals surface area contributed by atoms with Crippen molar-refractivity contribution in [3.05, 3.63) is 39.9 Å². The van der Waals surface area contributed by atoms with Crippen LogP contribution in [0, 0.1) is 10.1 Å². The Kier molecular flexibility index (Phi) is 7.66. The lowest BCUT2D eigenvalue weighted by Crippen LogP contribution is -2.26. The minimum absolute atomic E-state index is 0. The van der Waals surface area contributed by atoms with Crippen LogP contribution in [0.2, 0.25) is 0 Å². The van der Waals surface area contributed by atoms with E-state index in [0.717, 1.165) is 0 Å². The Hall–Kier alpha value is -1.66. The predicted octanol–water partition coefficient (Wildman–Crippen LogP) is 1.24. The Balaban J connectivity index is 0.00000289. The summed E-state index contributed by atoms with van der Waals surface area (Å²) in [5, 5.41) is 16.2. The van der Waals surface area contributed by atoms with E-state index in [4.69, 9.17) is 0 Å². The first-order valence-electron chi connectivity index (χ1n) is 5.28. The lowest BCUT2D eigenvalue weighted by atomic mass is 10.2. The molecule has 0 aromatic heterocycles. The van der Waals surface area contributed by atoms with Crippen LogP contribution in [0.15, 0.2) is 24.3 Å². The number of amides is 1. The smallest absolute Gasteiger partial charge is 0.274 e. The monoisotopic (exact) mass is 273 g/mol. The summed E-state index contributed by atoms with van der Waals surface area (Å²) in [6.45, 7) is 0.766. The van der Waals surface area contributed by atoms with Gasteiger partial charge in [-0.1, -0.05) is 18.2 Å². The number of halogens is 1. The molecule has 100 valence electrons. The van der Waals surface area contributed by atoms with Crippen molar-refractivity contribution in [3.8, 4) is 0 Å². The molecule has 0 atom stereocenters. The number of nitro groups is 1. The normalized spacial score (nSPS) is 9.39. The number of para-hydroxylation sites is 1. The lowest BCUT2D eigenvalue weighted by molar-refractivity contribution is -0.385. The van der Waals surface area contributed by atoms with Crippen LogP contribution in [-0.2, 0) is 11.3 Å². The number of nitrogens with one attached hydrogen (secondary N) is 2. The number of carbonyl (C=O) groups is 1. The zero-order valence-corrected chi connectivity index (χ0v) is 10.8. The molecule has 1 aromatic rings. The number of hydrogen-bond donors (Lipinski definition) is 2. The van der Waals surface area contributed by atoms with Crippen molar-refractivity contribution in [2.45, 2.75) is 13.0 Å². The van der Waals surface area contributed by atoms with E-state index >= 15 is 0 Å². The lowest BCUT2D eigenvalue weighted by Gasteiger charge is -2.05. The Bertz CT molecular complexity index is 412. The van der Waals surface area contributed by atoms with E-state index in [1.54, 1.807) is 25.2 Å². The molecule has 0 fully saturated rings. The summed E-state index contributed by atoms with van der Waals surface area (Å²) in [5.41, 5.74) is 0.539. The molecule has 0 spiro atoms. The molecule has 0 saturated carbocycles. The number of hydrogen-bond acceptors (Lipinski definition) is 4. The minimum atomic E-state index is -0.449. The highest BCUT2D eigenvalue weighted by Gasteiger charge is 2.12. The van der Waals surface area contributed by atoms with Gasteiger partial charge in [0.2, 0.25) is 5.91 Å². The van der Waals surface area contributed by atoms with Crippen LogP contribution in [0.5, 0.6) is 0 Å². The van der Waals surface area contributed by atoms with Crippen LogP contribution in [0.3, 0.4) is 0 Å². The summed E-state index contributed by atoms with van der Waals surface area (Å²) in [4.78, 5) is 21.6. The summed E-state index contributed by atoms with van der Waals surface area (Å²) < 4.78 is 0. The molecule has 0 aliphatic carbocycles. The van der Waals surface area contributed by atoms with E-state index in [9.17, 15) is 14.9 Å². The first-order valence-corrected chi connectivity index (χ1v) is 5.28. The highest BCUT2D eigenvalue weighted by atomic mass is 35.5. The third kappa shape index (κ3) is 5.11. The first-order chi connectivity index (χ1) is 8.15. The molecule has 0 aliphatic rings. The molecule has 0 bridgehead atoms. The third-order valence-electron chi connectivity index (χ3n) is 2.27. The average Bonchev–Trinajstić information content (AvgIpc) is 2.34. The highest BCUT2D eigenvalue weighted by Crippen LogP contribution is 2.16. The van der Waals surface area contributed by atoms with Crippen molar-refractivity contribution < 1.29 is 9.72 Å². The van der Waals surface area contributed by atoms with Crippen LogP contribution in [-0.4, -0.2) is 24.4 Å². The highest BCUT2D eigenvalue weighted by molar-refractivity contribution is 5.85. The fourth-order valence-electron chi connectivity index (χ4n) is 1.36. The van der Waals surface area contributed by atoms with Crippen molar-refractivity contribution >= 4 is 24.0 Å². The standard InChI is InChI=1S/C11H15N3O3.ClH/c1-12-7-6-11(15)13-8-9-4-2-3-5-10(9)14(16)17;/h2-5,12H,6-8H2,1H3,(H,13,15);1H. The SMILES string of the molecule is CNCCC(=O)NCc1ccccc1[N+](=O)[O-].Cl. The van der Waals surface area contributed by atoms with Crippen molar-refractivity contribution in [3.63, 3.8) is 0 Å². The number of nitrogens with zero attached hydrogens (tertiary/aromatic N) is 1. The van der Waals surface area contributed by atoms with Crippen molar-refractivity contribution in [2.75, 3.05) is 13.6 Å². The maximum Gasteiger partial charge on any atom is 0.274 e. The Labute approximate surface area is 111 Å². The van der Waals surface area contributed by atoms with Crippen molar-refractivity contribution in [1.82, 2.24) is 10.6 Å². The van der Waals surface area contributed by atoms with Gasteiger partial charge in [0, 0.05) is 31.1 Å². The second-order valence-corrected chi connectivity index (χ2v) is 3.52. The molecular formula is C11H16ClN3O3. The molecule has 0 saturated heterocycles. The number of carbonyl (C=O) groups excluding carboxylic acids is 1. The third-order valence-corrected chi connectivity index (χ3v) is 2.27. The molecule has 6 nitrogen and oxygen atoms in total. The Morgan fingerprint density at radius 3 is 2.67 bits per heavy atom. The van der Waals surface area contributed by atoms with E-state index in [1.807, 2.05) is 0 Å². The van der Waals surface area contributed by atoms with E-state index in [0.29, 0.717) is 18.5 Å². The molecular weight excluding hydrogens is 258 g/mol. The molecule has 7 heteroatoms. The largest absolute Gasteiger partial charge is 0.352 e. The van der Waals surface area contributed by atoms with Crippen LogP contribution < -0.4 is 10.6 Å². The van der Waals surface area contributed by atoms with Gasteiger partial charge in [0.25, 0.3) is 5.69 Å². The maximum atomic E-state index is 11.3. The summed E-state index contributed by atoms with van der Waals surface area (Å²) in [7, 11) is 1.76. The topological polar surface area (TPSA) is 84.3 Å². The minimum Gasteiger partial charge on any atom is -0.352 e. The van der Waals surface area contributed by atoms with Gasteiger partial charge in [0.05, 0.1) is 4.92 Å². The number of nitro benzene ring substituents is 1. The summed E-state index contributed by atoms with van der Waals surface area (Å²) >= 11 is 0. The quantitative estimate of drug-likeness (QED) is 0.603. The van der Waals surface area contributed by atoms with E-state index in [1.165, 1.54) is 6.07 Å². The molecule has 0 radical (unpaired) electrons. The van der Waals surface area contributed by atoms with Crippen molar-refractivity contribution in [1.29, 1.82) is 0 Å². The Morgan fingerprint density at radius 1 is 1.39 bits per heavy atom.